The molecule has 17 heavy (non-hydrogen) atoms. The Kier molecular flexibility index (Phi) is 4.96. The van der Waals surface area contributed by atoms with Gasteiger partial charge < -0.3 is 15.1 Å². The summed E-state index contributed by atoms with van der Waals surface area (Å²) < 4.78 is 5.32. The number of anilines is 2. The van der Waals surface area contributed by atoms with Gasteiger partial charge >= 0.3 is 0 Å². The molecule has 0 amide bonds. The number of nitrogen functional groups attached to an aromatic ring is 1. The van der Waals surface area contributed by atoms with E-state index < -0.39 is 0 Å². The zero-order valence-electron chi connectivity index (χ0n) is 10.9. The maximum atomic E-state index is 5.40. The topological polar surface area (TPSA) is 76.3 Å². The van der Waals surface area contributed by atoms with Gasteiger partial charge in [-0.3, -0.25) is 0 Å². The van der Waals surface area contributed by atoms with Crippen molar-refractivity contribution in [2.45, 2.75) is 20.8 Å². The van der Waals surface area contributed by atoms with E-state index in [2.05, 4.69) is 41.1 Å². The normalized spacial score (nSPS) is 10.5. The van der Waals surface area contributed by atoms with Gasteiger partial charge in [0, 0.05) is 13.1 Å². The van der Waals surface area contributed by atoms with Crippen LogP contribution in [0.25, 0.3) is 0 Å². The zero-order valence-corrected chi connectivity index (χ0v) is 10.9. The molecule has 0 atom stereocenters. The van der Waals surface area contributed by atoms with Crippen molar-refractivity contribution in [2.24, 2.45) is 11.8 Å². The number of methoxy groups -OCH3 is 1. The number of nitrogens with zero attached hydrogens (tertiary/aromatic N) is 3. The summed E-state index contributed by atoms with van der Waals surface area (Å²) in [5.74, 6) is 7.80. The van der Waals surface area contributed by atoms with Crippen LogP contribution in [0.5, 0.6) is 5.75 Å². The molecule has 0 aromatic carbocycles. The first-order valence-electron chi connectivity index (χ1n) is 5.74. The molecule has 0 spiro atoms. The van der Waals surface area contributed by atoms with Gasteiger partial charge in [-0.15, -0.1) is 0 Å². The van der Waals surface area contributed by atoms with Crippen molar-refractivity contribution in [1.29, 1.82) is 0 Å². The molecule has 0 saturated heterocycles. The van der Waals surface area contributed by atoms with E-state index >= 15 is 0 Å². The molecule has 1 aromatic rings. The summed E-state index contributed by atoms with van der Waals surface area (Å²) in [5.41, 5.74) is 2.52. The minimum atomic E-state index is 0.500. The van der Waals surface area contributed by atoms with Crippen LogP contribution in [0, 0.1) is 5.92 Å². The van der Waals surface area contributed by atoms with E-state index in [1.54, 1.807) is 7.11 Å². The van der Waals surface area contributed by atoms with Crippen molar-refractivity contribution in [2.75, 3.05) is 30.5 Å². The lowest BCUT2D eigenvalue weighted by atomic mass is 10.2. The van der Waals surface area contributed by atoms with Crippen molar-refractivity contribution in [1.82, 2.24) is 9.97 Å². The molecule has 96 valence electrons. The Labute approximate surface area is 102 Å². The van der Waals surface area contributed by atoms with Gasteiger partial charge in [0.15, 0.2) is 11.6 Å². The Morgan fingerprint density at radius 1 is 1.47 bits per heavy atom. The van der Waals surface area contributed by atoms with Gasteiger partial charge in [0.25, 0.3) is 0 Å². The first kappa shape index (κ1) is 13.5. The van der Waals surface area contributed by atoms with Gasteiger partial charge in [0.1, 0.15) is 6.33 Å². The van der Waals surface area contributed by atoms with Crippen LogP contribution >= 0.6 is 0 Å². The zero-order chi connectivity index (χ0) is 12.8. The standard InChI is InChI=1S/C11H21N5O/c1-5-16(6-8(2)3)11-9(17-4)10(15-12)13-7-14-11/h7-8H,5-6,12H2,1-4H3,(H,13,14,15). The average Bonchev–Trinajstić information content (AvgIpc) is 2.34. The molecular formula is C11H21N5O. The van der Waals surface area contributed by atoms with Gasteiger partial charge in [0.2, 0.25) is 5.75 Å². The molecule has 0 fully saturated rings. The average molecular weight is 239 g/mol. The molecule has 0 aliphatic carbocycles. The maximum Gasteiger partial charge on any atom is 0.205 e. The smallest absolute Gasteiger partial charge is 0.205 e. The minimum absolute atomic E-state index is 0.500. The number of nitrogens with one attached hydrogen (secondary N) is 1. The van der Waals surface area contributed by atoms with Crippen LogP contribution in [-0.2, 0) is 0 Å². The second kappa shape index (κ2) is 6.24. The number of nitrogens with two attached hydrogens (primary N) is 1. The summed E-state index contributed by atoms with van der Waals surface area (Å²) in [6.45, 7) is 8.18. The van der Waals surface area contributed by atoms with Gasteiger partial charge in [-0.1, -0.05) is 13.8 Å². The third-order valence-corrected chi connectivity index (χ3v) is 2.39. The van der Waals surface area contributed by atoms with Crippen molar-refractivity contribution in [3.63, 3.8) is 0 Å². The number of hydrogen-bond acceptors (Lipinski definition) is 6. The summed E-state index contributed by atoms with van der Waals surface area (Å²) in [6, 6.07) is 0. The fourth-order valence-corrected chi connectivity index (χ4v) is 1.69. The fraction of sp³-hybridized carbons (Fsp3) is 0.636. The van der Waals surface area contributed by atoms with Crippen molar-refractivity contribution >= 4 is 11.6 Å². The van der Waals surface area contributed by atoms with Crippen LogP contribution in [0.3, 0.4) is 0 Å². The molecular weight excluding hydrogens is 218 g/mol. The van der Waals surface area contributed by atoms with Gasteiger partial charge in [-0.25, -0.2) is 15.8 Å². The van der Waals surface area contributed by atoms with Crippen molar-refractivity contribution < 1.29 is 4.74 Å². The lowest BCUT2D eigenvalue weighted by molar-refractivity contribution is 0.411. The molecule has 0 aliphatic rings. The highest BCUT2D eigenvalue weighted by Crippen LogP contribution is 2.31. The Balaban J connectivity index is 3.09. The van der Waals surface area contributed by atoms with Crippen molar-refractivity contribution in [3.8, 4) is 5.75 Å². The van der Waals surface area contributed by atoms with E-state index in [0.29, 0.717) is 17.5 Å². The Morgan fingerprint density at radius 2 is 2.18 bits per heavy atom. The quantitative estimate of drug-likeness (QED) is 0.575. The van der Waals surface area contributed by atoms with Gasteiger partial charge in [-0.2, -0.15) is 0 Å². The van der Waals surface area contributed by atoms with E-state index in [-0.39, 0.29) is 0 Å². The largest absolute Gasteiger partial charge is 0.490 e. The summed E-state index contributed by atoms with van der Waals surface area (Å²) in [7, 11) is 1.59. The monoisotopic (exact) mass is 239 g/mol. The first-order chi connectivity index (χ1) is 8.13. The summed E-state index contributed by atoms with van der Waals surface area (Å²) >= 11 is 0. The number of hydrazine groups is 1. The third kappa shape index (κ3) is 3.20. The molecule has 3 N–H and O–H groups in total. The molecule has 0 saturated carbocycles. The maximum absolute atomic E-state index is 5.40. The van der Waals surface area contributed by atoms with E-state index in [1.807, 2.05) is 0 Å². The van der Waals surface area contributed by atoms with Gasteiger partial charge in [0.05, 0.1) is 7.11 Å². The Hall–Kier alpha value is -1.56. The minimum Gasteiger partial charge on any atom is -0.490 e. The lowest BCUT2D eigenvalue weighted by Gasteiger charge is -2.25. The molecule has 1 rings (SSSR count). The number of ether oxygens (including phenoxy) is 1. The van der Waals surface area contributed by atoms with E-state index in [4.69, 9.17) is 10.6 Å². The molecule has 0 unspecified atom stereocenters. The number of hydrogen-bond donors (Lipinski definition) is 2. The molecule has 6 nitrogen and oxygen atoms in total. The Morgan fingerprint density at radius 3 is 2.65 bits per heavy atom. The molecule has 0 radical (unpaired) electrons. The third-order valence-electron chi connectivity index (χ3n) is 2.39. The first-order valence-corrected chi connectivity index (χ1v) is 5.74. The van der Waals surface area contributed by atoms with Crippen molar-refractivity contribution in [3.05, 3.63) is 6.33 Å². The number of rotatable bonds is 6. The predicted octanol–water partition coefficient (Wildman–Crippen LogP) is 1.25. The SMILES string of the molecule is CCN(CC(C)C)c1ncnc(NN)c1OC. The van der Waals surface area contributed by atoms with Gasteiger partial charge in [-0.05, 0) is 12.8 Å². The molecule has 1 heterocycles. The van der Waals surface area contributed by atoms with E-state index in [0.717, 1.165) is 18.9 Å². The van der Waals surface area contributed by atoms with E-state index in [9.17, 15) is 0 Å². The predicted molar refractivity (Wildman–Crippen MR) is 69.1 cm³/mol. The van der Waals surface area contributed by atoms with Crippen LogP contribution in [0.4, 0.5) is 11.6 Å². The second-order valence-corrected chi connectivity index (χ2v) is 4.16. The fourth-order valence-electron chi connectivity index (χ4n) is 1.69. The highest BCUT2D eigenvalue weighted by molar-refractivity contribution is 5.64. The highest BCUT2D eigenvalue weighted by atomic mass is 16.5. The molecule has 0 bridgehead atoms. The van der Waals surface area contributed by atoms with Crippen LogP contribution < -0.4 is 20.9 Å². The molecule has 0 aliphatic heterocycles. The summed E-state index contributed by atoms with van der Waals surface area (Å²) in [4.78, 5) is 10.4. The van der Waals surface area contributed by atoms with Crippen LogP contribution in [0.15, 0.2) is 6.33 Å². The molecule has 1 aromatic heterocycles. The van der Waals surface area contributed by atoms with Crippen LogP contribution in [0.1, 0.15) is 20.8 Å². The van der Waals surface area contributed by atoms with Crippen LogP contribution in [0.2, 0.25) is 0 Å². The molecule has 6 heteroatoms. The summed E-state index contributed by atoms with van der Waals surface area (Å²) in [6.07, 6.45) is 1.48. The highest BCUT2D eigenvalue weighted by Gasteiger charge is 2.17. The van der Waals surface area contributed by atoms with E-state index in [1.165, 1.54) is 6.33 Å². The second-order valence-electron chi connectivity index (χ2n) is 4.16. The summed E-state index contributed by atoms with van der Waals surface area (Å²) in [5, 5.41) is 0. The van der Waals surface area contributed by atoms with Crippen LogP contribution in [-0.4, -0.2) is 30.2 Å². The Bertz CT molecular complexity index is 356. The lowest BCUT2D eigenvalue weighted by Crippen LogP contribution is -2.29. The number of aromatic nitrogens is 2.